The number of rotatable bonds is 6. The SMILES string of the molecule is Cc1ccccc1-n1c(SCC(=O)Nc2sc3c(c2C#N)CCCCC3)nnc1-c1cccnc1. The highest BCUT2D eigenvalue weighted by Crippen LogP contribution is 2.37. The molecule has 0 saturated heterocycles. The number of nitriles is 1. The summed E-state index contributed by atoms with van der Waals surface area (Å²) in [7, 11) is 0. The molecular weight excluding hydrogens is 476 g/mol. The van der Waals surface area contributed by atoms with Crippen molar-refractivity contribution in [1.29, 1.82) is 5.26 Å². The third-order valence-electron chi connectivity index (χ3n) is 6.03. The fraction of sp³-hybridized carbons (Fsp3) is 0.269. The van der Waals surface area contributed by atoms with E-state index in [1.807, 2.05) is 47.9 Å². The Morgan fingerprint density at radius 3 is 2.83 bits per heavy atom. The number of aromatic nitrogens is 4. The van der Waals surface area contributed by atoms with Crippen LogP contribution >= 0.6 is 23.1 Å². The minimum atomic E-state index is -0.162. The van der Waals surface area contributed by atoms with Gasteiger partial charge in [0.1, 0.15) is 11.1 Å². The summed E-state index contributed by atoms with van der Waals surface area (Å²) in [6.07, 6.45) is 8.78. The van der Waals surface area contributed by atoms with Crippen molar-refractivity contribution in [1.82, 2.24) is 19.7 Å². The second kappa shape index (κ2) is 10.4. The van der Waals surface area contributed by atoms with E-state index >= 15 is 0 Å². The molecule has 1 amide bonds. The zero-order valence-electron chi connectivity index (χ0n) is 19.3. The van der Waals surface area contributed by atoms with Gasteiger partial charge < -0.3 is 5.32 Å². The number of benzene rings is 1. The average Bonchev–Trinajstić information content (AvgIpc) is 3.36. The molecule has 0 fully saturated rings. The molecule has 1 aromatic carbocycles. The van der Waals surface area contributed by atoms with Gasteiger partial charge >= 0.3 is 0 Å². The number of thioether (sulfide) groups is 1. The van der Waals surface area contributed by atoms with Crippen LogP contribution in [0.25, 0.3) is 17.1 Å². The molecule has 9 heteroatoms. The van der Waals surface area contributed by atoms with Crippen LogP contribution in [0, 0.1) is 18.3 Å². The number of carbonyl (C=O) groups excluding carboxylic acids is 1. The predicted molar refractivity (Wildman–Crippen MR) is 139 cm³/mol. The Hall–Kier alpha value is -3.48. The maximum absolute atomic E-state index is 12.9. The number of hydrogen-bond acceptors (Lipinski definition) is 7. The van der Waals surface area contributed by atoms with Crippen LogP contribution in [0.2, 0.25) is 0 Å². The molecule has 0 saturated carbocycles. The van der Waals surface area contributed by atoms with Crippen LogP contribution in [-0.2, 0) is 17.6 Å². The van der Waals surface area contributed by atoms with Gasteiger partial charge in [-0.25, -0.2) is 0 Å². The lowest BCUT2D eigenvalue weighted by Gasteiger charge is -2.12. The number of hydrogen-bond donors (Lipinski definition) is 1. The molecule has 0 unspecified atom stereocenters. The Balaban J connectivity index is 1.39. The number of nitrogens with zero attached hydrogens (tertiary/aromatic N) is 5. The first-order valence-corrected chi connectivity index (χ1v) is 13.3. The summed E-state index contributed by atoms with van der Waals surface area (Å²) in [4.78, 5) is 18.4. The number of aryl methyl sites for hydroxylation is 2. The van der Waals surface area contributed by atoms with Crippen LogP contribution < -0.4 is 5.32 Å². The van der Waals surface area contributed by atoms with E-state index in [0.29, 0.717) is 21.5 Å². The molecule has 176 valence electrons. The van der Waals surface area contributed by atoms with Gasteiger partial charge in [0.2, 0.25) is 5.91 Å². The van der Waals surface area contributed by atoms with E-state index < -0.39 is 0 Å². The lowest BCUT2D eigenvalue weighted by molar-refractivity contribution is -0.113. The topological polar surface area (TPSA) is 96.5 Å². The molecule has 0 aliphatic heterocycles. The van der Waals surface area contributed by atoms with Gasteiger partial charge in [-0.15, -0.1) is 21.5 Å². The number of thiophene rings is 1. The van der Waals surface area contributed by atoms with Gasteiger partial charge in [-0.05, 0) is 61.9 Å². The summed E-state index contributed by atoms with van der Waals surface area (Å²) in [5.74, 6) is 0.666. The predicted octanol–water partition coefficient (Wildman–Crippen LogP) is 5.57. The highest BCUT2D eigenvalue weighted by atomic mass is 32.2. The Morgan fingerprint density at radius 1 is 1.17 bits per heavy atom. The number of anilines is 1. The quantitative estimate of drug-likeness (QED) is 0.275. The van der Waals surface area contributed by atoms with Crippen molar-refractivity contribution < 1.29 is 4.79 Å². The van der Waals surface area contributed by atoms with Gasteiger partial charge in [0.15, 0.2) is 11.0 Å². The van der Waals surface area contributed by atoms with E-state index in [1.165, 1.54) is 23.1 Å². The van der Waals surface area contributed by atoms with Crippen LogP contribution in [0.5, 0.6) is 0 Å². The van der Waals surface area contributed by atoms with E-state index in [0.717, 1.165) is 48.1 Å². The van der Waals surface area contributed by atoms with Gasteiger partial charge in [0.25, 0.3) is 0 Å². The number of para-hydroxylation sites is 1. The molecule has 1 N–H and O–H groups in total. The molecule has 0 radical (unpaired) electrons. The minimum Gasteiger partial charge on any atom is -0.316 e. The molecule has 35 heavy (non-hydrogen) atoms. The van der Waals surface area contributed by atoms with Gasteiger partial charge in [0, 0.05) is 22.8 Å². The number of carbonyl (C=O) groups is 1. The smallest absolute Gasteiger partial charge is 0.235 e. The first-order valence-electron chi connectivity index (χ1n) is 11.5. The number of fused-ring (bicyclic) bond motifs is 1. The molecule has 0 spiro atoms. The van der Waals surface area contributed by atoms with Crippen LogP contribution in [-0.4, -0.2) is 31.4 Å². The number of pyridine rings is 1. The third kappa shape index (κ3) is 4.85. The molecule has 1 aliphatic rings. The van der Waals surface area contributed by atoms with Crippen molar-refractivity contribution in [3.8, 4) is 23.1 Å². The van der Waals surface area contributed by atoms with E-state index in [-0.39, 0.29) is 11.7 Å². The van der Waals surface area contributed by atoms with Gasteiger partial charge in [-0.1, -0.05) is 36.4 Å². The molecule has 4 aromatic rings. The van der Waals surface area contributed by atoms with Crippen molar-refractivity contribution >= 4 is 34.0 Å². The zero-order chi connectivity index (χ0) is 24.2. The molecule has 5 rings (SSSR count). The van der Waals surface area contributed by atoms with E-state index in [4.69, 9.17) is 0 Å². The largest absolute Gasteiger partial charge is 0.316 e. The Bertz CT molecular complexity index is 1400. The second-order valence-electron chi connectivity index (χ2n) is 8.39. The fourth-order valence-electron chi connectivity index (χ4n) is 4.32. The Morgan fingerprint density at radius 2 is 2.03 bits per heavy atom. The molecule has 7 nitrogen and oxygen atoms in total. The molecule has 0 atom stereocenters. The zero-order valence-corrected chi connectivity index (χ0v) is 21.0. The van der Waals surface area contributed by atoms with E-state index in [2.05, 4.69) is 26.6 Å². The van der Waals surface area contributed by atoms with Crippen LogP contribution in [0.4, 0.5) is 5.00 Å². The Kier molecular flexibility index (Phi) is 6.93. The van der Waals surface area contributed by atoms with Crippen molar-refractivity contribution in [3.05, 3.63) is 70.4 Å². The van der Waals surface area contributed by atoms with Crippen molar-refractivity contribution in [2.75, 3.05) is 11.1 Å². The first kappa shape index (κ1) is 23.3. The van der Waals surface area contributed by atoms with Gasteiger partial charge in [-0.2, -0.15) is 5.26 Å². The molecule has 0 bridgehead atoms. The summed E-state index contributed by atoms with van der Waals surface area (Å²) in [5.41, 5.74) is 4.62. The van der Waals surface area contributed by atoms with Gasteiger partial charge in [-0.3, -0.25) is 14.3 Å². The summed E-state index contributed by atoms with van der Waals surface area (Å²) in [6.45, 7) is 2.04. The van der Waals surface area contributed by atoms with Crippen LogP contribution in [0.3, 0.4) is 0 Å². The number of amides is 1. The van der Waals surface area contributed by atoms with Gasteiger partial charge in [0.05, 0.1) is 17.0 Å². The molecule has 3 heterocycles. The third-order valence-corrected chi connectivity index (χ3v) is 8.16. The standard InChI is InChI=1S/C26H24N6OS2/c1-17-8-5-6-11-21(17)32-24(18-9-7-13-28-15-18)30-31-26(32)34-16-23(33)29-25-20(14-27)19-10-3-2-4-12-22(19)35-25/h5-9,11,13,15H,2-4,10,12,16H2,1H3,(H,29,33). The Labute approximate surface area is 212 Å². The summed E-state index contributed by atoms with van der Waals surface area (Å²) in [5, 5.41) is 22.9. The summed E-state index contributed by atoms with van der Waals surface area (Å²) < 4.78 is 1.97. The second-order valence-corrected chi connectivity index (χ2v) is 10.4. The number of nitrogens with one attached hydrogen (secondary N) is 1. The highest BCUT2D eigenvalue weighted by Gasteiger charge is 2.22. The minimum absolute atomic E-state index is 0.157. The fourth-order valence-corrected chi connectivity index (χ4v) is 6.32. The van der Waals surface area contributed by atoms with E-state index in [1.54, 1.807) is 23.7 Å². The van der Waals surface area contributed by atoms with E-state index in [9.17, 15) is 10.1 Å². The normalized spacial score (nSPS) is 13.0. The molecule has 3 aromatic heterocycles. The highest BCUT2D eigenvalue weighted by molar-refractivity contribution is 7.99. The summed E-state index contributed by atoms with van der Waals surface area (Å²) >= 11 is 2.87. The lowest BCUT2D eigenvalue weighted by Crippen LogP contribution is -2.14. The van der Waals surface area contributed by atoms with Crippen LogP contribution in [0.1, 0.15) is 40.8 Å². The average molecular weight is 501 g/mol. The van der Waals surface area contributed by atoms with Crippen LogP contribution in [0.15, 0.2) is 53.9 Å². The molecule has 1 aliphatic carbocycles. The lowest BCUT2D eigenvalue weighted by atomic mass is 10.1. The van der Waals surface area contributed by atoms with Crippen molar-refractivity contribution in [2.24, 2.45) is 0 Å². The first-order chi connectivity index (χ1) is 17.2. The maximum Gasteiger partial charge on any atom is 0.235 e. The monoisotopic (exact) mass is 500 g/mol. The van der Waals surface area contributed by atoms with Crippen molar-refractivity contribution in [2.45, 2.75) is 44.2 Å². The maximum atomic E-state index is 12.9. The van der Waals surface area contributed by atoms with Crippen molar-refractivity contribution in [3.63, 3.8) is 0 Å². The molecular formula is C26H24N6OS2. The summed E-state index contributed by atoms with van der Waals surface area (Å²) in [6, 6.07) is 14.1.